The summed E-state index contributed by atoms with van der Waals surface area (Å²) in [5.74, 6) is -6.13. The van der Waals surface area contributed by atoms with Gasteiger partial charge < -0.3 is 0 Å². The molecule has 2 atom stereocenters. The molecule has 0 aromatic carbocycles. The second-order valence-electron chi connectivity index (χ2n) is 2.43. The summed E-state index contributed by atoms with van der Waals surface area (Å²) < 4.78 is 104. The summed E-state index contributed by atoms with van der Waals surface area (Å²) in [5, 5.41) is -11.4. The average Bonchev–Trinajstić information content (AvgIpc) is 2.15. The van der Waals surface area contributed by atoms with Crippen molar-refractivity contribution in [3.63, 3.8) is 0 Å². The molecule has 12 heteroatoms. The average molecular weight is 292 g/mol. The van der Waals surface area contributed by atoms with Crippen LogP contribution in [0.1, 0.15) is 0 Å². The maximum absolute atomic E-state index is 12.7. The van der Waals surface area contributed by atoms with Crippen LogP contribution in [0.15, 0.2) is 0 Å². The zero-order valence-corrected chi connectivity index (χ0v) is 8.56. The van der Waals surface area contributed by atoms with Gasteiger partial charge in [0.15, 0.2) is 6.79 Å². The van der Waals surface area contributed by atoms with Crippen LogP contribution in [0.3, 0.4) is 0 Å². The lowest BCUT2D eigenvalue weighted by atomic mass is 10.3. The van der Waals surface area contributed by atoms with Crippen LogP contribution in [0, 0.1) is 0 Å². The van der Waals surface area contributed by atoms with Gasteiger partial charge in [-0.1, -0.05) is 0 Å². The van der Waals surface area contributed by atoms with Gasteiger partial charge in [-0.3, -0.25) is 8.37 Å². The molecule has 96 valence electrons. The highest BCUT2D eigenvalue weighted by molar-refractivity contribution is 7.83. The van der Waals surface area contributed by atoms with Gasteiger partial charge >= 0.3 is 16.4 Å². The molecule has 0 saturated carbocycles. The van der Waals surface area contributed by atoms with Gasteiger partial charge in [0, 0.05) is 0 Å². The highest BCUT2D eigenvalue weighted by Crippen LogP contribution is 2.50. The lowest BCUT2D eigenvalue weighted by Gasteiger charge is -2.31. The predicted molar refractivity (Wildman–Crippen MR) is 38.2 cm³/mol. The molecule has 2 unspecified atom stereocenters. The van der Waals surface area contributed by atoms with Gasteiger partial charge in [0.05, 0.1) is 0 Å². The third-order valence-corrected chi connectivity index (χ3v) is 3.43. The minimum atomic E-state index is -6.13. The molecular weight excluding hydrogens is 290 g/mol. The van der Waals surface area contributed by atoms with E-state index in [9.17, 15) is 34.8 Å². The van der Waals surface area contributed by atoms with Crippen LogP contribution < -0.4 is 0 Å². The van der Waals surface area contributed by atoms with Gasteiger partial charge in [-0.15, -0.1) is 0 Å². The smallest absolute Gasteiger partial charge is 0.256 e. The number of hydrogen-bond donors (Lipinski definition) is 0. The van der Waals surface area contributed by atoms with E-state index in [4.69, 9.17) is 0 Å². The summed E-state index contributed by atoms with van der Waals surface area (Å²) in [6.45, 7) is -1.49. The minimum Gasteiger partial charge on any atom is -0.256 e. The molecule has 0 aliphatic carbocycles. The second kappa shape index (κ2) is 3.92. The van der Waals surface area contributed by atoms with Crippen LogP contribution in [0.4, 0.5) is 26.3 Å². The van der Waals surface area contributed by atoms with Crippen molar-refractivity contribution >= 4 is 22.2 Å². The van der Waals surface area contributed by atoms with Crippen molar-refractivity contribution in [3.8, 4) is 0 Å². The molecule has 4 nitrogen and oxygen atoms in total. The molecule has 16 heavy (non-hydrogen) atoms. The molecule has 0 bridgehead atoms. The number of hydrogen-bond acceptors (Lipinski definition) is 4. The maximum Gasteiger partial charge on any atom is 0.414 e. The number of rotatable bonds is 0. The van der Waals surface area contributed by atoms with Gasteiger partial charge in [-0.2, -0.15) is 26.3 Å². The first kappa shape index (κ1) is 13.9. The quantitative estimate of drug-likeness (QED) is 0.628. The van der Waals surface area contributed by atoms with E-state index >= 15 is 0 Å². The maximum atomic E-state index is 12.7. The van der Waals surface area contributed by atoms with E-state index in [-0.39, 0.29) is 0 Å². The Morgan fingerprint density at radius 2 is 1.12 bits per heavy atom. The Bertz CT molecular complexity index is 313. The molecular formula is C4H2F6O4S2. The third kappa shape index (κ3) is 1.76. The summed E-state index contributed by atoms with van der Waals surface area (Å²) >= 11 is -8.07. The molecule has 1 aliphatic rings. The van der Waals surface area contributed by atoms with Crippen LogP contribution in [0.2, 0.25) is 0 Å². The first-order valence-electron chi connectivity index (χ1n) is 3.29. The van der Waals surface area contributed by atoms with E-state index in [2.05, 4.69) is 8.37 Å². The summed E-state index contributed by atoms with van der Waals surface area (Å²) in [7, 11) is 0. The highest BCUT2D eigenvalue weighted by Gasteiger charge is 2.79. The lowest BCUT2D eigenvalue weighted by Crippen LogP contribution is -2.59. The Morgan fingerprint density at radius 1 is 0.812 bits per heavy atom. The van der Waals surface area contributed by atoms with Gasteiger partial charge in [0.1, 0.15) is 0 Å². The number of halogens is 6. The van der Waals surface area contributed by atoms with Crippen molar-refractivity contribution in [2.75, 3.05) is 6.79 Å². The van der Waals surface area contributed by atoms with E-state index in [1.165, 1.54) is 0 Å². The molecule has 1 aliphatic heterocycles. The zero-order valence-electron chi connectivity index (χ0n) is 6.92. The fourth-order valence-corrected chi connectivity index (χ4v) is 2.00. The Kier molecular flexibility index (Phi) is 3.40. The second-order valence-corrected chi connectivity index (χ2v) is 4.87. The van der Waals surface area contributed by atoms with Crippen molar-refractivity contribution in [1.29, 1.82) is 0 Å². The molecule has 1 fully saturated rings. The van der Waals surface area contributed by atoms with Crippen molar-refractivity contribution in [1.82, 2.24) is 0 Å². The standard InChI is InChI=1S/C4H2F6O4S2/c5-2(6)3(7,8)15(11)13-1-14-16(12)4(2,9)10/h1H2. The first-order valence-corrected chi connectivity index (χ1v) is 5.44. The zero-order chi connectivity index (χ0) is 12.8. The first-order chi connectivity index (χ1) is 7.05. The largest absolute Gasteiger partial charge is 0.414 e. The molecule has 1 saturated heterocycles. The van der Waals surface area contributed by atoms with Crippen molar-refractivity contribution in [3.05, 3.63) is 0 Å². The van der Waals surface area contributed by atoms with Crippen LogP contribution in [0.5, 0.6) is 0 Å². The summed E-state index contributed by atoms with van der Waals surface area (Å²) in [6.07, 6.45) is 0. The van der Waals surface area contributed by atoms with E-state index < -0.39 is 45.4 Å². The summed E-state index contributed by atoms with van der Waals surface area (Å²) in [5.41, 5.74) is 0. The minimum absolute atomic E-state index is 1.49. The monoisotopic (exact) mass is 292 g/mol. The SMILES string of the molecule is O=S1OCOS(=O)C(F)(F)C(F)(F)C1(F)F. The summed E-state index contributed by atoms with van der Waals surface area (Å²) in [4.78, 5) is 0. The van der Waals surface area contributed by atoms with Crippen molar-refractivity contribution in [2.45, 2.75) is 16.4 Å². The van der Waals surface area contributed by atoms with Crippen LogP contribution in [-0.4, -0.2) is 31.6 Å². The topological polar surface area (TPSA) is 52.6 Å². The van der Waals surface area contributed by atoms with Crippen LogP contribution >= 0.6 is 0 Å². The molecule has 0 amide bonds. The van der Waals surface area contributed by atoms with Crippen molar-refractivity contribution < 1.29 is 43.1 Å². The van der Waals surface area contributed by atoms with Gasteiger partial charge in [0.2, 0.25) is 22.2 Å². The molecule has 1 rings (SSSR count). The normalized spacial score (nSPS) is 37.4. The van der Waals surface area contributed by atoms with E-state index in [1.807, 2.05) is 0 Å². The Hall–Kier alpha value is -0.200. The molecule has 0 spiro atoms. The Balaban J connectivity index is 3.29. The van der Waals surface area contributed by atoms with E-state index in [1.54, 1.807) is 0 Å². The van der Waals surface area contributed by atoms with Crippen LogP contribution in [0.25, 0.3) is 0 Å². The molecule has 0 radical (unpaired) electrons. The summed E-state index contributed by atoms with van der Waals surface area (Å²) in [6, 6.07) is 0. The fraction of sp³-hybridized carbons (Fsp3) is 1.00. The number of alkyl halides is 6. The molecule has 0 aromatic heterocycles. The lowest BCUT2D eigenvalue weighted by molar-refractivity contribution is -0.248. The van der Waals surface area contributed by atoms with Crippen LogP contribution in [-0.2, 0) is 30.5 Å². The van der Waals surface area contributed by atoms with Gasteiger partial charge in [-0.25, -0.2) is 8.42 Å². The van der Waals surface area contributed by atoms with E-state index in [0.717, 1.165) is 0 Å². The third-order valence-electron chi connectivity index (χ3n) is 1.46. The predicted octanol–water partition coefficient (Wildman–Crippen LogP) is 1.14. The Labute approximate surface area is 89.2 Å². The van der Waals surface area contributed by atoms with Crippen molar-refractivity contribution in [2.24, 2.45) is 0 Å². The van der Waals surface area contributed by atoms with Gasteiger partial charge in [-0.05, 0) is 0 Å². The van der Waals surface area contributed by atoms with Gasteiger partial charge in [0.25, 0.3) is 0 Å². The molecule has 1 heterocycles. The highest BCUT2D eigenvalue weighted by atomic mass is 32.2. The van der Waals surface area contributed by atoms with E-state index in [0.29, 0.717) is 0 Å². The Morgan fingerprint density at radius 3 is 1.44 bits per heavy atom. The fourth-order valence-electron chi connectivity index (χ4n) is 0.634. The molecule has 0 aromatic rings. The molecule has 0 N–H and O–H groups in total.